The van der Waals surface area contributed by atoms with E-state index in [9.17, 15) is 9.59 Å². The molecular formula is C9H12O4. The summed E-state index contributed by atoms with van der Waals surface area (Å²) >= 11 is 0. The molecule has 4 heteroatoms. The van der Waals surface area contributed by atoms with Crippen LogP contribution in [-0.2, 0) is 14.3 Å². The van der Waals surface area contributed by atoms with Crippen molar-refractivity contribution < 1.29 is 19.4 Å². The van der Waals surface area contributed by atoms with E-state index < -0.39 is 11.9 Å². The number of hydrogen-bond donors (Lipinski definition) is 1. The highest BCUT2D eigenvalue weighted by Crippen LogP contribution is 2.05. The molecule has 0 fully saturated rings. The molecular weight excluding hydrogens is 172 g/mol. The van der Waals surface area contributed by atoms with Crippen LogP contribution in [0.5, 0.6) is 0 Å². The normalized spacial score (nSPS) is 10.7. The first-order valence-corrected chi connectivity index (χ1v) is 3.87. The van der Waals surface area contributed by atoms with Crippen LogP contribution in [0.15, 0.2) is 24.5 Å². The fraction of sp³-hybridized carbons (Fsp3) is 0.333. The van der Waals surface area contributed by atoms with Gasteiger partial charge in [-0.25, -0.2) is 9.59 Å². The van der Waals surface area contributed by atoms with Crippen molar-refractivity contribution in [3.63, 3.8) is 0 Å². The largest absolute Gasteiger partial charge is 0.478 e. The Morgan fingerprint density at radius 3 is 2.54 bits per heavy atom. The standard InChI is InChI=1S/C9H12O4/c1-3-5-7(9(11)12)6-13-8(10)4-2/h4,6H,2-3,5H2,1H3,(H,11,12)/b7-6+. The number of ether oxygens (including phenoxy) is 1. The second kappa shape index (κ2) is 5.99. The van der Waals surface area contributed by atoms with Crippen LogP contribution < -0.4 is 0 Å². The molecule has 0 saturated heterocycles. The summed E-state index contributed by atoms with van der Waals surface area (Å²) in [6.45, 7) is 5.02. The number of esters is 1. The van der Waals surface area contributed by atoms with E-state index in [4.69, 9.17) is 5.11 Å². The molecule has 0 saturated carbocycles. The van der Waals surface area contributed by atoms with E-state index in [-0.39, 0.29) is 5.57 Å². The van der Waals surface area contributed by atoms with Crippen LogP contribution in [0.25, 0.3) is 0 Å². The highest BCUT2D eigenvalue weighted by molar-refractivity contribution is 5.87. The van der Waals surface area contributed by atoms with Crippen molar-refractivity contribution in [3.8, 4) is 0 Å². The van der Waals surface area contributed by atoms with Crippen molar-refractivity contribution in [2.45, 2.75) is 19.8 Å². The van der Waals surface area contributed by atoms with E-state index in [1.807, 2.05) is 6.92 Å². The topological polar surface area (TPSA) is 63.6 Å². The van der Waals surface area contributed by atoms with E-state index in [2.05, 4.69) is 11.3 Å². The summed E-state index contributed by atoms with van der Waals surface area (Å²) in [6, 6.07) is 0. The summed E-state index contributed by atoms with van der Waals surface area (Å²) in [5.74, 6) is -1.73. The molecule has 0 aliphatic heterocycles. The summed E-state index contributed by atoms with van der Waals surface area (Å²) in [5, 5.41) is 8.60. The van der Waals surface area contributed by atoms with Gasteiger partial charge in [0.1, 0.15) is 6.26 Å². The molecule has 0 aromatic heterocycles. The number of aliphatic carboxylic acids is 1. The van der Waals surface area contributed by atoms with E-state index >= 15 is 0 Å². The Labute approximate surface area is 76.5 Å². The van der Waals surface area contributed by atoms with Gasteiger partial charge < -0.3 is 9.84 Å². The molecule has 4 nitrogen and oxygen atoms in total. The molecule has 0 aliphatic rings. The van der Waals surface area contributed by atoms with Crippen molar-refractivity contribution in [1.29, 1.82) is 0 Å². The highest BCUT2D eigenvalue weighted by atomic mass is 16.5. The molecule has 0 heterocycles. The van der Waals surface area contributed by atoms with Crippen LogP contribution in [0.4, 0.5) is 0 Å². The van der Waals surface area contributed by atoms with E-state index in [1.165, 1.54) is 0 Å². The molecule has 1 N–H and O–H groups in total. The lowest BCUT2D eigenvalue weighted by atomic mass is 10.2. The zero-order valence-electron chi connectivity index (χ0n) is 7.45. The Morgan fingerprint density at radius 2 is 2.15 bits per heavy atom. The first kappa shape index (κ1) is 11.4. The first-order chi connectivity index (χ1) is 6.11. The van der Waals surface area contributed by atoms with Gasteiger partial charge in [-0.3, -0.25) is 0 Å². The minimum Gasteiger partial charge on any atom is -0.478 e. The summed E-state index contributed by atoms with van der Waals surface area (Å²) in [7, 11) is 0. The average Bonchev–Trinajstić information content (AvgIpc) is 2.11. The second-order valence-corrected chi connectivity index (χ2v) is 2.34. The van der Waals surface area contributed by atoms with Gasteiger partial charge in [0.25, 0.3) is 0 Å². The molecule has 0 rings (SSSR count). The van der Waals surface area contributed by atoms with Gasteiger partial charge in [-0.2, -0.15) is 0 Å². The molecule has 0 atom stereocenters. The maximum atomic E-state index is 10.6. The van der Waals surface area contributed by atoms with Gasteiger partial charge in [-0.1, -0.05) is 19.9 Å². The van der Waals surface area contributed by atoms with Crippen molar-refractivity contribution in [1.82, 2.24) is 0 Å². The average molecular weight is 184 g/mol. The quantitative estimate of drug-likeness (QED) is 0.399. The lowest BCUT2D eigenvalue weighted by Gasteiger charge is -1.98. The fourth-order valence-corrected chi connectivity index (χ4v) is 0.663. The van der Waals surface area contributed by atoms with Gasteiger partial charge in [0, 0.05) is 6.08 Å². The molecule has 0 radical (unpaired) electrons. The van der Waals surface area contributed by atoms with Gasteiger partial charge in [0.2, 0.25) is 0 Å². The molecule has 0 amide bonds. The third kappa shape index (κ3) is 4.79. The maximum Gasteiger partial charge on any atom is 0.334 e. The predicted molar refractivity (Wildman–Crippen MR) is 46.9 cm³/mol. The smallest absolute Gasteiger partial charge is 0.334 e. The van der Waals surface area contributed by atoms with Crippen molar-refractivity contribution in [2.75, 3.05) is 0 Å². The van der Waals surface area contributed by atoms with Gasteiger partial charge in [0.15, 0.2) is 0 Å². The monoisotopic (exact) mass is 184 g/mol. The first-order valence-electron chi connectivity index (χ1n) is 3.87. The van der Waals surface area contributed by atoms with Gasteiger partial charge in [0.05, 0.1) is 5.57 Å². The Kier molecular flexibility index (Phi) is 5.27. The minimum absolute atomic E-state index is 0.0812. The Hall–Kier alpha value is -1.58. The highest BCUT2D eigenvalue weighted by Gasteiger charge is 2.06. The third-order valence-corrected chi connectivity index (χ3v) is 1.28. The summed E-state index contributed by atoms with van der Waals surface area (Å²) in [5.41, 5.74) is 0.0812. The molecule has 0 spiro atoms. The van der Waals surface area contributed by atoms with Crippen LogP contribution in [0.3, 0.4) is 0 Å². The van der Waals surface area contributed by atoms with Crippen molar-refractivity contribution in [3.05, 3.63) is 24.5 Å². The molecule has 0 aromatic rings. The molecule has 0 aromatic carbocycles. The van der Waals surface area contributed by atoms with Crippen LogP contribution in [-0.4, -0.2) is 17.0 Å². The van der Waals surface area contributed by atoms with Gasteiger partial charge in [-0.05, 0) is 6.42 Å². The molecule has 13 heavy (non-hydrogen) atoms. The number of carbonyl (C=O) groups excluding carboxylic acids is 1. The molecule has 0 bridgehead atoms. The Bertz CT molecular complexity index is 240. The third-order valence-electron chi connectivity index (χ3n) is 1.28. The number of hydrogen-bond acceptors (Lipinski definition) is 3. The zero-order valence-corrected chi connectivity index (χ0v) is 7.45. The van der Waals surface area contributed by atoms with Gasteiger partial charge in [-0.15, -0.1) is 0 Å². The van der Waals surface area contributed by atoms with E-state index in [1.54, 1.807) is 0 Å². The van der Waals surface area contributed by atoms with Gasteiger partial charge >= 0.3 is 11.9 Å². The summed E-state index contributed by atoms with van der Waals surface area (Å²) in [4.78, 5) is 21.1. The lowest BCUT2D eigenvalue weighted by Crippen LogP contribution is -2.03. The van der Waals surface area contributed by atoms with E-state index in [0.717, 1.165) is 12.3 Å². The van der Waals surface area contributed by atoms with E-state index in [0.29, 0.717) is 12.8 Å². The maximum absolute atomic E-state index is 10.6. The summed E-state index contributed by atoms with van der Waals surface area (Å²) in [6.07, 6.45) is 2.99. The number of carboxylic acids is 1. The number of carboxylic acid groups (broad SMARTS) is 1. The SMILES string of the molecule is C=CC(=O)O/C=C(\CCC)C(=O)O. The molecule has 0 aliphatic carbocycles. The molecule has 72 valence electrons. The summed E-state index contributed by atoms with van der Waals surface area (Å²) < 4.78 is 4.47. The Balaban J connectivity index is 4.27. The second-order valence-electron chi connectivity index (χ2n) is 2.34. The van der Waals surface area contributed by atoms with Crippen LogP contribution in [0.2, 0.25) is 0 Å². The van der Waals surface area contributed by atoms with Crippen molar-refractivity contribution in [2.24, 2.45) is 0 Å². The molecule has 0 unspecified atom stereocenters. The number of rotatable bonds is 5. The zero-order chi connectivity index (χ0) is 10.3. The fourth-order valence-electron chi connectivity index (χ4n) is 0.663. The van der Waals surface area contributed by atoms with Crippen LogP contribution in [0.1, 0.15) is 19.8 Å². The predicted octanol–water partition coefficient (Wildman–Crippen LogP) is 1.48. The van der Waals surface area contributed by atoms with Crippen LogP contribution in [0, 0.1) is 0 Å². The lowest BCUT2D eigenvalue weighted by molar-refractivity contribution is -0.133. The minimum atomic E-state index is -1.07. The van der Waals surface area contributed by atoms with Crippen LogP contribution >= 0.6 is 0 Å². The Morgan fingerprint density at radius 1 is 1.54 bits per heavy atom. The number of carbonyl (C=O) groups is 2. The van der Waals surface area contributed by atoms with Crippen molar-refractivity contribution >= 4 is 11.9 Å².